The van der Waals surface area contributed by atoms with Crippen molar-refractivity contribution in [2.75, 3.05) is 13.2 Å². The number of halogens is 2. The summed E-state index contributed by atoms with van der Waals surface area (Å²) in [5, 5.41) is 9.06. The second-order valence-corrected chi connectivity index (χ2v) is 7.51. The third kappa shape index (κ3) is 4.23. The van der Waals surface area contributed by atoms with Gasteiger partial charge in [-0.1, -0.05) is 15.9 Å². The van der Waals surface area contributed by atoms with E-state index >= 15 is 0 Å². The zero-order valence-corrected chi connectivity index (χ0v) is 13.7. The first kappa shape index (κ1) is 16.8. The van der Waals surface area contributed by atoms with Crippen LogP contribution in [0.25, 0.3) is 0 Å². The van der Waals surface area contributed by atoms with Gasteiger partial charge in [0.2, 0.25) is 10.0 Å². The third-order valence-electron chi connectivity index (χ3n) is 3.32. The van der Waals surface area contributed by atoms with Gasteiger partial charge in [0.1, 0.15) is 10.7 Å². The second-order valence-electron chi connectivity index (χ2n) is 4.86. The summed E-state index contributed by atoms with van der Waals surface area (Å²) >= 11 is 3.11. The van der Waals surface area contributed by atoms with Gasteiger partial charge >= 0.3 is 0 Å². The molecule has 21 heavy (non-hydrogen) atoms. The number of sulfonamides is 1. The van der Waals surface area contributed by atoms with Crippen LogP contribution >= 0.6 is 15.9 Å². The van der Waals surface area contributed by atoms with Gasteiger partial charge in [-0.15, -0.1) is 0 Å². The molecule has 1 atom stereocenters. The van der Waals surface area contributed by atoms with Gasteiger partial charge in [0.25, 0.3) is 0 Å². The molecule has 0 bridgehead atoms. The van der Waals surface area contributed by atoms with E-state index in [4.69, 9.17) is 9.84 Å². The fourth-order valence-electron chi connectivity index (χ4n) is 2.23. The van der Waals surface area contributed by atoms with Gasteiger partial charge in [-0.3, -0.25) is 0 Å². The molecule has 1 aromatic rings. The molecule has 0 aliphatic carbocycles. The van der Waals surface area contributed by atoms with Gasteiger partial charge in [0, 0.05) is 23.2 Å². The first-order chi connectivity index (χ1) is 9.94. The van der Waals surface area contributed by atoms with Crippen LogP contribution in [0.15, 0.2) is 21.5 Å². The van der Waals surface area contributed by atoms with Gasteiger partial charge in [0.05, 0.1) is 12.7 Å². The Morgan fingerprint density at radius 3 is 2.86 bits per heavy atom. The topological polar surface area (TPSA) is 75.6 Å². The summed E-state index contributed by atoms with van der Waals surface area (Å²) in [6, 6.07) is 2.53. The normalized spacial score (nSPS) is 19.1. The van der Waals surface area contributed by atoms with Crippen molar-refractivity contribution in [3.8, 4) is 0 Å². The Balaban J connectivity index is 2.09. The molecule has 118 valence electrons. The highest BCUT2D eigenvalue weighted by molar-refractivity contribution is 9.10. The number of nitrogens with one attached hydrogen (secondary N) is 1. The fraction of sp³-hybridized carbons (Fsp3) is 0.538. The van der Waals surface area contributed by atoms with Crippen LogP contribution in [0.3, 0.4) is 0 Å². The van der Waals surface area contributed by atoms with Crippen molar-refractivity contribution < 1.29 is 22.7 Å². The first-order valence-electron chi connectivity index (χ1n) is 6.64. The Kier molecular flexibility index (Phi) is 5.73. The van der Waals surface area contributed by atoms with Crippen LogP contribution in [0.1, 0.15) is 24.8 Å². The van der Waals surface area contributed by atoms with Gasteiger partial charge in [-0.2, -0.15) is 0 Å². The second kappa shape index (κ2) is 7.15. The van der Waals surface area contributed by atoms with Crippen LogP contribution in [0.5, 0.6) is 0 Å². The molecule has 1 aliphatic rings. The van der Waals surface area contributed by atoms with E-state index in [0.29, 0.717) is 17.5 Å². The van der Waals surface area contributed by atoms with E-state index in [1.807, 2.05) is 0 Å². The highest BCUT2D eigenvalue weighted by Crippen LogP contribution is 2.24. The molecule has 1 unspecified atom stereocenters. The third-order valence-corrected chi connectivity index (χ3v) is 5.24. The summed E-state index contributed by atoms with van der Waals surface area (Å²) in [6.07, 6.45) is 2.52. The van der Waals surface area contributed by atoms with Crippen molar-refractivity contribution >= 4 is 26.0 Å². The monoisotopic (exact) mass is 381 g/mol. The summed E-state index contributed by atoms with van der Waals surface area (Å²) in [7, 11) is -3.96. The van der Waals surface area contributed by atoms with Crippen molar-refractivity contribution in [1.82, 2.24) is 4.72 Å². The van der Waals surface area contributed by atoms with E-state index in [2.05, 4.69) is 20.7 Å². The molecule has 2 rings (SSSR count). The minimum absolute atomic E-state index is 0.0630. The lowest BCUT2D eigenvalue weighted by atomic mass is 10.2. The van der Waals surface area contributed by atoms with Gasteiger partial charge in [0.15, 0.2) is 0 Å². The maximum absolute atomic E-state index is 14.1. The molecular weight excluding hydrogens is 365 g/mol. The van der Waals surface area contributed by atoms with E-state index in [1.165, 1.54) is 12.1 Å². The molecule has 5 nitrogen and oxygen atoms in total. The standard InChI is InChI=1S/C13H17BrFNO4S/c14-10-6-9(8-17)13(15)12(7-10)21(18,19)16-4-3-11-2-1-5-20-11/h6-7,11,16-17H,1-5,8H2. The summed E-state index contributed by atoms with van der Waals surface area (Å²) in [5.41, 5.74) is -0.0659. The van der Waals surface area contributed by atoms with Crippen LogP contribution in [0.4, 0.5) is 4.39 Å². The fourth-order valence-corrected chi connectivity index (χ4v) is 4.08. The predicted molar refractivity (Wildman–Crippen MR) is 78.8 cm³/mol. The van der Waals surface area contributed by atoms with Crippen LogP contribution in [0, 0.1) is 5.82 Å². The Bertz CT molecular complexity index is 602. The number of aliphatic hydroxyl groups excluding tert-OH is 1. The largest absolute Gasteiger partial charge is 0.392 e. The molecule has 1 saturated heterocycles. The predicted octanol–water partition coefficient (Wildman–Crippen LogP) is 1.93. The first-order valence-corrected chi connectivity index (χ1v) is 8.91. The van der Waals surface area contributed by atoms with E-state index in [0.717, 1.165) is 12.8 Å². The molecule has 1 aliphatic heterocycles. The molecule has 1 aromatic carbocycles. The lowest BCUT2D eigenvalue weighted by Crippen LogP contribution is -2.28. The van der Waals surface area contributed by atoms with Crippen molar-refractivity contribution in [2.24, 2.45) is 0 Å². The molecule has 0 spiro atoms. The van der Waals surface area contributed by atoms with Crippen LogP contribution in [-0.2, 0) is 21.4 Å². The molecule has 0 radical (unpaired) electrons. The summed E-state index contributed by atoms with van der Waals surface area (Å²) < 4.78 is 46.5. The number of ether oxygens (including phenoxy) is 1. The Morgan fingerprint density at radius 1 is 1.48 bits per heavy atom. The molecule has 1 heterocycles. The molecule has 8 heteroatoms. The highest BCUT2D eigenvalue weighted by atomic mass is 79.9. The number of rotatable bonds is 6. The maximum atomic E-state index is 14.1. The highest BCUT2D eigenvalue weighted by Gasteiger charge is 2.23. The number of hydrogen-bond acceptors (Lipinski definition) is 4. The van der Waals surface area contributed by atoms with E-state index < -0.39 is 27.3 Å². The number of hydrogen-bond donors (Lipinski definition) is 2. The Morgan fingerprint density at radius 2 is 2.24 bits per heavy atom. The summed E-state index contributed by atoms with van der Waals surface area (Å²) in [4.78, 5) is -0.465. The van der Waals surface area contributed by atoms with Crippen molar-refractivity contribution in [3.63, 3.8) is 0 Å². The Hall–Kier alpha value is -0.540. The number of benzene rings is 1. The quantitative estimate of drug-likeness (QED) is 0.789. The van der Waals surface area contributed by atoms with E-state index in [9.17, 15) is 12.8 Å². The molecule has 0 amide bonds. The van der Waals surface area contributed by atoms with Gasteiger partial charge < -0.3 is 9.84 Å². The summed E-state index contributed by atoms with van der Waals surface area (Å²) in [6.45, 7) is 0.328. The Labute approximate surface area is 131 Å². The minimum Gasteiger partial charge on any atom is -0.392 e. The SMILES string of the molecule is O=S(=O)(NCCC1CCCO1)c1cc(Br)cc(CO)c1F. The van der Waals surface area contributed by atoms with E-state index in [1.54, 1.807) is 0 Å². The van der Waals surface area contributed by atoms with Crippen molar-refractivity contribution in [3.05, 3.63) is 28.0 Å². The average molecular weight is 382 g/mol. The van der Waals surface area contributed by atoms with Gasteiger partial charge in [-0.05, 0) is 31.4 Å². The van der Waals surface area contributed by atoms with Gasteiger partial charge in [-0.25, -0.2) is 17.5 Å². The minimum atomic E-state index is -3.96. The maximum Gasteiger partial charge on any atom is 0.243 e. The van der Waals surface area contributed by atoms with Crippen LogP contribution in [0.2, 0.25) is 0 Å². The molecular formula is C13H17BrFNO4S. The lowest BCUT2D eigenvalue weighted by Gasteiger charge is -2.12. The zero-order chi connectivity index (χ0) is 15.5. The van der Waals surface area contributed by atoms with Crippen LogP contribution in [-0.4, -0.2) is 32.8 Å². The smallest absolute Gasteiger partial charge is 0.243 e. The molecule has 1 fully saturated rings. The molecule has 2 N–H and O–H groups in total. The lowest BCUT2D eigenvalue weighted by molar-refractivity contribution is 0.105. The average Bonchev–Trinajstić information content (AvgIpc) is 2.93. The van der Waals surface area contributed by atoms with E-state index in [-0.39, 0.29) is 18.2 Å². The van der Waals surface area contributed by atoms with Crippen molar-refractivity contribution in [1.29, 1.82) is 0 Å². The molecule has 0 aromatic heterocycles. The molecule has 0 saturated carbocycles. The van der Waals surface area contributed by atoms with Crippen LogP contribution < -0.4 is 4.72 Å². The van der Waals surface area contributed by atoms with Crippen molar-refractivity contribution in [2.45, 2.75) is 36.9 Å². The number of aliphatic hydroxyl groups is 1. The summed E-state index contributed by atoms with van der Waals surface area (Å²) in [5.74, 6) is -0.926. The zero-order valence-electron chi connectivity index (χ0n) is 11.3.